The fraction of sp³-hybridized carbons (Fsp3) is 0.357. The second-order valence-electron chi connectivity index (χ2n) is 4.80. The number of nitrogens with zero attached hydrogens (tertiary/aromatic N) is 1. The minimum absolute atomic E-state index is 0.423. The molecule has 4 heteroatoms. The molecule has 2 aromatic rings. The van der Waals surface area contributed by atoms with Crippen molar-refractivity contribution < 1.29 is 0 Å². The van der Waals surface area contributed by atoms with Crippen LogP contribution < -0.4 is 5.32 Å². The fourth-order valence-electron chi connectivity index (χ4n) is 2.16. The number of halogens is 1. The van der Waals surface area contributed by atoms with E-state index in [4.69, 9.17) is 11.6 Å². The molecule has 0 saturated heterocycles. The highest BCUT2D eigenvalue weighted by atomic mass is 35.5. The molecule has 1 N–H and O–H groups in total. The molecular weight excluding hydrogens is 264 g/mol. The van der Waals surface area contributed by atoms with E-state index in [0.29, 0.717) is 11.2 Å². The van der Waals surface area contributed by atoms with Crippen molar-refractivity contribution in [1.29, 1.82) is 0 Å². The van der Waals surface area contributed by atoms with E-state index in [1.165, 1.54) is 17.7 Å². The van der Waals surface area contributed by atoms with Gasteiger partial charge in [-0.25, -0.2) is 4.98 Å². The molecule has 2 heterocycles. The first kappa shape index (κ1) is 12.0. The van der Waals surface area contributed by atoms with E-state index in [1.54, 1.807) is 0 Å². The molecule has 2 aromatic heterocycles. The van der Waals surface area contributed by atoms with Gasteiger partial charge in [-0.3, -0.25) is 0 Å². The maximum Gasteiger partial charge on any atom is 0.129 e. The summed E-state index contributed by atoms with van der Waals surface area (Å²) < 4.78 is 0. The van der Waals surface area contributed by atoms with Crippen molar-refractivity contribution in [2.24, 2.45) is 5.92 Å². The molecule has 0 aromatic carbocycles. The third kappa shape index (κ3) is 2.52. The van der Waals surface area contributed by atoms with Crippen molar-refractivity contribution in [1.82, 2.24) is 4.98 Å². The summed E-state index contributed by atoms with van der Waals surface area (Å²) in [6.45, 7) is 2.06. The van der Waals surface area contributed by atoms with Crippen LogP contribution in [0.25, 0.3) is 0 Å². The molecule has 0 radical (unpaired) electrons. The lowest BCUT2D eigenvalue weighted by Gasteiger charge is -2.19. The van der Waals surface area contributed by atoms with Crippen molar-refractivity contribution in [3.63, 3.8) is 0 Å². The zero-order valence-electron chi connectivity index (χ0n) is 10.2. The fourth-order valence-corrected chi connectivity index (χ4v) is 3.24. The number of pyridine rings is 1. The van der Waals surface area contributed by atoms with Gasteiger partial charge in [0.1, 0.15) is 5.15 Å². The van der Waals surface area contributed by atoms with E-state index in [1.807, 2.05) is 23.6 Å². The van der Waals surface area contributed by atoms with Crippen LogP contribution in [0.3, 0.4) is 0 Å². The van der Waals surface area contributed by atoms with Gasteiger partial charge in [0.2, 0.25) is 0 Å². The van der Waals surface area contributed by atoms with Gasteiger partial charge in [0.15, 0.2) is 0 Å². The molecule has 2 nitrogen and oxygen atoms in total. The predicted molar refractivity (Wildman–Crippen MR) is 77.4 cm³/mol. The summed E-state index contributed by atoms with van der Waals surface area (Å²) in [6.07, 6.45) is 4.46. The number of rotatable bonds is 4. The van der Waals surface area contributed by atoms with Crippen LogP contribution in [0.1, 0.15) is 29.3 Å². The van der Waals surface area contributed by atoms with Crippen molar-refractivity contribution in [3.05, 3.63) is 45.4 Å². The molecule has 0 aliphatic heterocycles. The maximum atomic E-state index is 5.89. The smallest absolute Gasteiger partial charge is 0.129 e. The summed E-state index contributed by atoms with van der Waals surface area (Å²) in [5, 5.41) is 6.32. The number of thiophene rings is 1. The molecule has 1 saturated carbocycles. The first-order valence-corrected chi connectivity index (χ1v) is 7.42. The number of aryl methyl sites for hydroxylation is 1. The highest BCUT2D eigenvalue weighted by molar-refractivity contribution is 7.10. The largest absolute Gasteiger partial charge is 0.376 e. The van der Waals surface area contributed by atoms with Crippen molar-refractivity contribution in [2.45, 2.75) is 25.8 Å². The summed E-state index contributed by atoms with van der Waals surface area (Å²) in [5.74, 6) is 0.763. The highest BCUT2D eigenvalue weighted by Gasteiger charge is 2.33. The van der Waals surface area contributed by atoms with Crippen molar-refractivity contribution in [2.75, 3.05) is 5.32 Å². The molecule has 0 spiro atoms. The van der Waals surface area contributed by atoms with Gasteiger partial charge in [-0.15, -0.1) is 11.3 Å². The van der Waals surface area contributed by atoms with E-state index in [-0.39, 0.29) is 0 Å². The average molecular weight is 279 g/mol. The first-order chi connectivity index (χ1) is 8.74. The molecule has 0 bridgehead atoms. The molecular formula is C14H15ClN2S. The third-order valence-corrected chi connectivity index (χ3v) is 4.49. The van der Waals surface area contributed by atoms with Gasteiger partial charge in [-0.2, -0.15) is 0 Å². The zero-order chi connectivity index (χ0) is 12.5. The van der Waals surface area contributed by atoms with Gasteiger partial charge in [0.25, 0.3) is 0 Å². The van der Waals surface area contributed by atoms with E-state index in [2.05, 4.69) is 34.7 Å². The molecule has 3 rings (SSSR count). The summed E-state index contributed by atoms with van der Waals surface area (Å²) in [5.41, 5.74) is 2.24. The monoisotopic (exact) mass is 278 g/mol. The highest BCUT2D eigenvalue weighted by Crippen LogP contribution is 2.44. The Bertz CT molecular complexity index is 535. The molecule has 1 aliphatic rings. The van der Waals surface area contributed by atoms with Crippen LogP contribution in [0.4, 0.5) is 5.69 Å². The van der Waals surface area contributed by atoms with E-state index in [0.717, 1.165) is 17.2 Å². The average Bonchev–Trinajstić information content (AvgIpc) is 3.03. The first-order valence-electron chi connectivity index (χ1n) is 6.16. The summed E-state index contributed by atoms with van der Waals surface area (Å²) in [7, 11) is 0. The van der Waals surface area contributed by atoms with E-state index < -0.39 is 0 Å². The molecule has 0 amide bonds. The molecule has 18 heavy (non-hydrogen) atoms. The number of hydrogen-bond donors (Lipinski definition) is 1. The number of aromatic nitrogens is 1. The predicted octanol–water partition coefficient (Wildman–Crippen LogP) is 4.67. The minimum Gasteiger partial charge on any atom is -0.376 e. The van der Waals surface area contributed by atoms with Crippen molar-refractivity contribution in [3.8, 4) is 0 Å². The van der Waals surface area contributed by atoms with Gasteiger partial charge in [-0.1, -0.05) is 17.7 Å². The minimum atomic E-state index is 0.423. The topological polar surface area (TPSA) is 24.9 Å². The van der Waals surface area contributed by atoms with Crippen LogP contribution in [0, 0.1) is 12.8 Å². The van der Waals surface area contributed by atoms with E-state index in [9.17, 15) is 0 Å². The lowest BCUT2D eigenvalue weighted by molar-refractivity contribution is 0.690. The van der Waals surface area contributed by atoms with Gasteiger partial charge in [0, 0.05) is 4.88 Å². The molecule has 1 atom stereocenters. The van der Waals surface area contributed by atoms with Gasteiger partial charge >= 0.3 is 0 Å². The quantitative estimate of drug-likeness (QED) is 0.822. The molecule has 1 fully saturated rings. The van der Waals surface area contributed by atoms with E-state index >= 15 is 0 Å². The summed E-state index contributed by atoms with van der Waals surface area (Å²) in [6, 6.07) is 6.65. The SMILES string of the molecule is Cc1cc(Cl)ncc1NC(c1cccs1)C1CC1. The van der Waals surface area contributed by atoms with Crippen LogP contribution >= 0.6 is 22.9 Å². The van der Waals surface area contributed by atoms with Crippen LogP contribution in [0.15, 0.2) is 29.8 Å². The molecule has 94 valence electrons. The van der Waals surface area contributed by atoms with Crippen molar-refractivity contribution >= 4 is 28.6 Å². The normalized spacial score (nSPS) is 16.6. The van der Waals surface area contributed by atoms with Gasteiger partial charge < -0.3 is 5.32 Å². The number of anilines is 1. The third-order valence-electron chi connectivity index (χ3n) is 3.33. The second kappa shape index (κ2) is 4.90. The Morgan fingerprint density at radius 2 is 2.33 bits per heavy atom. The molecule has 1 unspecified atom stereocenters. The second-order valence-corrected chi connectivity index (χ2v) is 6.16. The maximum absolute atomic E-state index is 5.89. The summed E-state index contributed by atoms with van der Waals surface area (Å²) in [4.78, 5) is 5.57. The Morgan fingerprint density at radius 1 is 1.50 bits per heavy atom. The zero-order valence-corrected chi connectivity index (χ0v) is 11.8. The lowest BCUT2D eigenvalue weighted by atomic mass is 10.1. The number of nitrogens with one attached hydrogen (secondary N) is 1. The van der Waals surface area contributed by atoms with Crippen LogP contribution in [0.2, 0.25) is 5.15 Å². The Hall–Kier alpha value is -1.06. The van der Waals surface area contributed by atoms with Crippen LogP contribution in [-0.2, 0) is 0 Å². The Morgan fingerprint density at radius 3 is 2.94 bits per heavy atom. The van der Waals surface area contributed by atoms with Gasteiger partial charge in [-0.05, 0) is 48.8 Å². The Balaban J connectivity index is 1.84. The standard InChI is InChI=1S/C14H15ClN2S/c1-9-7-13(15)16-8-11(9)17-14(10-4-5-10)12-3-2-6-18-12/h2-3,6-8,10,14,17H,4-5H2,1H3. The summed E-state index contributed by atoms with van der Waals surface area (Å²) >= 11 is 7.71. The van der Waals surface area contributed by atoms with Crippen LogP contribution in [0.5, 0.6) is 0 Å². The Kier molecular flexibility index (Phi) is 3.27. The van der Waals surface area contributed by atoms with Crippen LogP contribution in [-0.4, -0.2) is 4.98 Å². The Labute approximate surface area is 116 Å². The lowest BCUT2D eigenvalue weighted by Crippen LogP contribution is -2.12. The number of hydrogen-bond acceptors (Lipinski definition) is 3. The molecule has 1 aliphatic carbocycles. The van der Waals surface area contributed by atoms with Gasteiger partial charge in [0.05, 0.1) is 17.9 Å².